The van der Waals surface area contributed by atoms with E-state index < -0.39 is 0 Å². The fraction of sp³-hybridized carbons (Fsp3) is 0.500. The van der Waals surface area contributed by atoms with Crippen LogP contribution in [-0.2, 0) is 0 Å². The van der Waals surface area contributed by atoms with Crippen LogP contribution >= 0.6 is 0 Å². The minimum atomic E-state index is 0. The van der Waals surface area contributed by atoms with Crippen LogP contribution in [0.15, 0.2) is 12.4 Å². The summed E-state index contributed by atoms with van der Waals surface area (Å²) in [6.07, 6.45) is 3.17. The highest BCUT2D eigenvalue weighted by atomic mass is 15.3. The van der Waals surface area contributed by atoms with E-state index in [4.69, 9.17) is 0 Å². The molecule has 0 saturated heterocycles. The molecule has 3 heteroatoms. The molecule has 42 valence electrons. The molecule has 0 radical (unpaired) electrons. The first-order chi connectivity index (χ1) is 2.50. The average molecular weight is 101 g/mol. The first-order valence-corrected chi connectivity index (χ1v) is 1.30. The maximum absolute atomic E-state index is 3.49. The van der Waals surface area contributed by atoms with Crippen LogP contribution in [0.1, 0.15) is 14.9 Å². The van der Waals surface area contributed by atoms with Crippen molar-refractivity contribution in [3.63, 3.8) is 0 Å². The summed E-state index contributed by atoms with van der Waals surface area (Å²) in [7, 11) is 0. The molecule has 0 aliphatic heterocycles. The fourth-order valence-corrected chi connectivity index (χ4v) is 0.167. The van der Waals surface area contributed by atoms with Crippen molar-refractivity contribution in [3.8, 4) is 0 Å². The third-order valence-corrected chi connectivity index (χ3v) is 0.331. The monoisotopic (exact) mass is 101 g/mol. The Morgan fingerprint density at radius 3 is 1.57 bits per heavy atom. The van der Waals surface area contributed by atoms with E-state index in [0.29, 0.717) is 0 Å². The Hall–Kier alpha value is -0.860. The zero-order valence-electron chi connectivity index (χ0n) is 2.55. The smallest absolute Gasteiger partial charge is 0.0690 e. The number of nitrogens with zero attached hydrogens (tertiary/aromatic N) is 2. The lowest BCUT2D eigenvalue weighted by molar-refractivity contribution is 0.940. The van der Waals surface area contributed by atoms with Crippen molar-refractivity contribution in [1.82, 2.24) is 15.4 Å². The van der Waals surface area contributed by atoms with Gasteiger partial charge in [0.1, 0.15) is 0 Å². The van der Waals surface area contributed by atoms with Crippen LogP contribution in [0.2, 0.25) is 0 Å². The summed E-state index contributed by atoms with van der Waals surface area (Å²) in [5, 5.41) is 9.33. The average Bonchev–Trinajstić information content (AvgIpc) is 1.76. The van der Waals surface area contributed by atoms with Crippen molar-refractivity contribution in [2.45, 2.75) is 14.9 Å². The summed E-state index contributed by atoms with van der Waals surface area (Å²) in [5.74, 6) is 0. The van der Waals surface area contributed by atoms with E-state index in [1.165, 1.54) is 0 Å². The highest BCUT2D eigenvalue weighted by Gasteiger charge is 1.57. The molecule has 1 rings (SSSR count). The summed E-state index contributed by atoms with van der Waals surface area (Å²) in [6.45, 7) is 0. The zero-order chi connectivity index (χ0) is 3.54. The van der Waals surface area contributed by atoms with Crippen molar-refractivity contribution in [2.75, 3.05) is 0 Å². The molecule has 0 saturated carbocycles. The van der Waals surface area contributed by atoms with Crippen molar-refractivity contribution >= 4 is 0 Å². The van der Waals surface area contributed by atoms with Crippen LogP contribution < -0.4 is 0 Å². The van der Waals surface area contributed by atoms with Crippen LogP contribution in [0.5, 0.6) is 0 Å². The first-order valence-electron chi connectivity index (χ1n) is 1.30. The van der Waals surface area contributed by atoms with Gasteiger partial charge in [-0.3, -0.25) is 0 Å². The lowest BCUT2D eigenvalue weighted by atomic mass is 11.0. The van der Waals surface area contributed by atoms with Gasteiger partial charge in [-0.05, 0) is 0 Å². The molecular weight excluding hydrogens is 90.1 g/mol. The van der Waals surface area contributed by atoms with E-state index >= 15 is 0 Å². The molecule has 1 aromatic heterocycles. The fourth-order valence-electron chi connectivity index (χ4n) is 0.167. The molecule has 0 aliphatic rings. The number of aromatic amines is 1. The summed E-state index contributed by atoms with van der Waals surface area (Å²) in [5.41, 5.74) is 0. The maximum Gasteiger partial charge on any atom is 0.0690 e. The third kappa shape index (κ3) is 2.96. The minimum Gasteiger partial charge on any atom is -0.198 e. The van der Waals surface area contributed by atoms with E-state index in [2.05, 4.69) is 15.4 Å². The van der Waals surface area contributed by atoms with Crippen LogP contribution in [0.4, 0.5) is 0 Å². The summed E-state index contributed by atoms with van der Waals surface area (Å²) in [6, 6.07) is 0. The minimum absolute atomic E-state index is 0. The van der Waals surface area contributed by atoms with E-state index in [9.17, 15) is 0 Å². The van der Waals surface area contributed by atoms with Gasteiger partial charge >= 0.3 is 0 Å². The van der Waals surface area contributed by atoms with Crippen LogP contribution in [0.25, 0.3) is 0 Å². The van der Waals surface area contributed by atoms with Crippen molar-refractivity contribution in [2.24, 2.45) is 0 Å². The second kappa shape index (κ2) is 5.14. The largest absolute Gasteiger partial charge is 0.198 e. The third-order valence-electron chi connectivity index (χ3n) is 0.331. The Kier molecular flexibility index (Phi) is 6.95. The summed E-state index contributed by atoms with van der Waals surface area (Å²) < 4.78 is 0. The van der Waals surface area contributed by atoms with Crippen molar-refractivity contribution < 1.29 is 0 Å². The van der Waals surface area contributed by atoms with E-state index in [1.807, 2.05) is 0 Å². The molecule has 0 atom stereocenters. The molecule has 1 aromatic rings. The second-order valence-electron chi connectivity index (χ2n) is 0.656. The van der Waals surface area contributed by atoms with Gasteiger partial charge < -0.3 is 0 Å². The normalized spacial score (nSPS) is 5.71. The van der Waals surface area contributed by atoms with Crippen LogP contribution in [-0.4, -0.2) is 15.4 Å². The van der Waals surface area contributed by atoms with Gasteiger partial charge in [-0.15, -0.1) is 0 Å². The molecular formula is C4H11N3. The van der Waals surface area contributed by atoms with Gasteiger partial charge in [0.15, 0.2) is 0 Å². The molecule has 1 heterocycles. The standard InChI is InChI=1S/C2H3N3.2CH4/c1-2-4-5-3-1;;/h1-2H,(H,3,4,5);2*1H4. The predicted molar refractivity (Wildman–Crippen MR) is 29.8 cm³/mol. The number of rotatable bonds is 0. The molecule has 0 unspecified atom stereocenters. The topological polar surface area (TPSA) is 41.6 Å². The number of H-pyrrole nitrogens is 1. The SMILES string of the molecule is C.C.c1cn[nH]n1. The molecule has 7 heavy (non-hydrogen) atoms. The molecule has 0 fully saturated rings. The van der Waals surface area contributed by atoms with Gasteiger partial charge in [0.25, 0.3) is 0 Å². The predicted octanol–water partition coefficient (Wildman–Crippen LogP) is 1.08. The molecule has 0 bridgehead atoms. The van der Waals surface area contributed by atoms with E-state index in [0.717, 1.165) is 0 Å². The van der Waals surface area contributed by atoms with Gasteiger partial charge in [-0.25, -0.2) is 0 Å². The Morgan fingerprint density at radius 1 is 1.00 bits per heavy atom. The molecule has 0 spiro atoms. The molecule has 0 aromatic carbocycles. The highest BCUT2D eigenvalue weighted by molar-refractivity contribution is 4.54. The lowest BCUT2D eigenvalue weighted by Gasteiger charge is -1.48. The second-order valence-corrected chi connectivity index (χ2v) is 0.656. The number of nitrogens with one attached hydrogen (secondary N) is 1. The summed E-state index contributed by atoms with van der Waals surface area (Å²) >= 11 is 0. The van der Waals surface area contributed by atoms with E-state index in [-0.39, 0.29) is 14.9 Å². The summed E-state index contributed by atoms with van der Waals surface area (Å²) in [4.78, 5) is 0. The van der Waals surface area contributed by atoms with Gasteiger partial charge in [0.05, 0.1) is 12.4 Å². The van der Waals surface area contributed by atoms with Gasteiger partial charge in [0, 0.05) is 0 Å². The molecule has 3 nitrogen and oxygen atoms in total. The zero-order valence-corrected chi connectivity index (χ0v) is 2.55. The van der Waals surface area contributed by atoms with E-state index in [1.54, 1.807) is 12.4 Å². The molecule has 0 aliphatic carbocycles. The Labute approximate surface area is 43.8 Å². The van der Waals surface area contributed by atoms with Crippen molar-refractivity contribution in [1.29, 1.82) is 0 Å². The maximum atomic E-state index is 3.49. The Bertz CT molecular complexity index is 63.4. The van der Waals surface area contributed by atoms with Crippen LogP contribution in [0.3, 0.4) is 0 Å². The van der Waals surface area contributed by atoms with Gasteiger partial charge in [-0.2, -0.15) is 15.4 Å². The first kappa shape index (κ1) is 9.46. The van der Waals surface area contributed by atoms with Gasteiger partial charge in [-0.1, -0.05) is 14.9 Å². The molecule has 1 N–H and O–H groups in total. The quantitative estimate of drug-likeness (QED) is 0.531. The van der Waals surface area contributed by atoms with Crippen molar-refractivity contribution in [3.05, 3.63) is 12.4 Å². The Balaban J connectivity index is 0. The lowest BCUT2D eigenvalue weighted by Crippen LogP contribution is -1.61. The number of hydrogen-bond acceptors (Lipinski definition) is 2. The van der Waals surface area contributed by atoms with Crippen LogP contribution in [0, 0.1) is 0 Å². The highest BCUT2D eigenvalue weighted by Crippen LogP contribution is 1.55. The number of aromatic nitrogens is 3. The Morgan fingerprint density at radius 2 is 1.43 bits per heavy atom. The number of hydrogen-bond donors (Lipinski definition) is 1. The van der Waals surface area contributed by atoms with Gasteiger partial charge in [0.2, 0.25) is 0 Å². The molecule has 0 amide bonds.